The third kappa shape index (κ3) is 4.97. The van der Waals surface area contributed by atoms with E-state index in [4.69, 9.17) is 5.73 Å². The molecule has 4 rings (SSSR count). The van der Waals surface area contributed by atoms with Crippen molar-refractivity contribution in [2.45, 2.75) is 38.1 Å². The van der Waals surface area contributed by atoms with E-state index in [-0.39, 0.29) is 17.9 Å². The Morgan fingerprint density at radius 3 is 2.37 bits per heavy atom. The first-order valence-corrected chi connectivity index (χ1v) is 10.9. The number of imidazole rings is 1. The SMILES string of the molecule is NCC1CCC(C(=O)N[C@@H](Cc2ccccc2)c2ncc(-c3ccccc3)[nH]2)CC1. The van der Waals surface area contributed by atoms with E-state index >= 15 is 0 Å². The lowest BCUT2D eigenvalue weighted by atomic mass is 9.81. The zero-order valence-electron chi connectivity index (χ0n) is 17.3. The topological polar surface area (TPSA) is 83.8 Å². The Morgan fingerprint density at radius 1 is 1.03 bits per heavy atom. The summed E-state index contributed by atoms with van der Waals surface area (Å²) in [5.41, 5.74) is 9.02. The molecule has 30 heavy (non-hydrogen) atoms. The van der Waals surface area contributed by atoms with Gasteiger partial charge in [0.05, 0.1) is 17.9 Å². The average molecular weight is 403 g/mol. The number of carbonyl (C=O) groups is 1. The Labute approximate surface area is 178 Å². The lowest BCUT2D eigenvalue weighted by molar-refractivity contribution is -0.127. The molecule has 1 fully saturated rings. The number of nitrogens with one attached hydrogen (secondary N) is 2. The summed E-state index contributed by atoms with van der Waals surface area (Å²) in [5, 5.41) is 3.29. The summed E-state index contributed by atoms with van der Waals surface area (Å²) in [4.78, 5) is 21.1. The average Bonchev–Trinajstić information content (AvgIpc) is 3.30. The highest BCUT2D eigenvalue weighted by Gasteiger charge is 2.28. The maximum absolute atomic E-state index is 13.1. The van der Waals surface area contributed by atoms with Gasteiger partial charge in [-0.3, -0.25) is 4.79 Å². The summed E-state index contributed by atoms with van der Waals surface area (Å²) in [6.45, 7) is 0.722. The van der Waals surface area contributed by atoms with Crippen LogP contribution in [0.25, 0.3) is 11.3 Å². The molecule has 1 atom stereocenters. The molecule has 5 nitrogen and oxygen atoms in total. The van der Waals surface area contributed by atoms with Crippen LogP contribution in [0.15, 0.2) is 66.9 Å². The normalized spacial score (nSPS) is 19.9. The molecule has 0 radical (unpaired) electrons. The molecule has 0 unspecified atom stereocenters. The highest BCUT2D eigenvalue weighted by atomic mass is 16.1. The van der Waals surface area contributed by atoms with E-state index in [0.717, 1.165) is 49.3 Å². The molecule has 1 aliphatic carbocycles. The third-order valence-electron chi connectivity index (χ3n) is 6.16. The second-order valence-corrected chi connectivity index (χ2v) is 8.25. The molecule has 0 aliphatic heterocycles. The lowest BCUT2D eigenvalue weighted by Crippen LogP contribution is -2.37. The molecule has 0 spiro atoms. The molecule has 1 heterocycles. The van der Waals surface area contributed by atoms with Gasteiger partial charge in [0.2, 0.25) is 5.91 Å². The van der Waals surface area contributed by atoms with Crippen LogP contribution >= 0.6 is 0 Å². The fourth-order valence-corrected chi connectivity index (χ4v) is 4.29. The highest BCUT2D eigenvalue weighted by molar-refractivity contribution is 5.79. The van der Waals surface area contributed by atoms with Crippen LogP contribution in [0.5, 0.6) is 0 Å². The first-order chi connectivity index (χ1) is 14.7. The third-order valence-corrected chi connectivity index (χ3v) is 6.16. The van der Waals surface area contributed by atoms with Crippen LogP contribution < -0.4 is 11.1 Å². The number of H-pyrrole nitrogens is 1. The van der Waals surface area contributed by atoms with E-state index in [1.54, 1.807) is 0 Å². The number of aromatic nitrogens is 2. The quantitative estimate of drug-likeness (QED) is 0.553. The van der Waals surface area contributed by atoms with Gasteiger partial charge in [-0.1, -0.05) is 60.7 Å². The number of carbonyl (C=O) groups excluding carboxylic acids is 1. The summed E-state index contributed by atoms with van der Waals surface area (Å²) in [6.07, 6.45) is 6.46. The fraction of sp³-hybridized carbons (Fsp3) is 0.360. The molecular weight excluding hydrogens is 372 g/mol. The van der Waals surface area contributed by atoms with E-state index in [9.17, 15) is 4.79 Å². The van der Waals surface area contributed by atoms with E-state index < -0.39 is 0 Å². The first kappa shape index (κ1) is 20.4. The summed E-state index contributed by atoms with van der Waals surface area (Å²) in [7, 11) is 0. The van der Waals surface area contributed by atoms with Crippen LogP contribution in [0, 0.1) is 11.8 Å². The fourth-order valence-electron chi connectivity index (χ4n) is 4.29. The van der Waals surface area contributed by atoms with Gasteiger partial charge in [-0.05, 0) is 55.7 Å². The van der Waals surface area contributed by atoms with Gasteiger partial charge < -0.3 is 16.0 Å². The Bertz CT molecular complexity index is 930. The van der Waals surface area contributed by atoms with E-state index in [0.29, 0.717) is 12.3 Å². The minimum absolute atomic E-state index is 0.0645. The minimum Gasteiger partial charge on any atom is -0.346 e. The number of nitrogens with zero attached hydrogens (tertiary/aromatic N) is 1. The molecular formula is C25H30N4O. The maximum Gasteiger partial charge on any atom is 0.223 e. The van der Waals surface area contributed by atoms with Crippen molar-refractivity contribution in [3.05, 3.63) is 78.2 Å². The molecule has 0 saturated heterocycles. The number of amides is 1. The molecule has 1 aromatic heterocycles. The van der Waals surface area contributed by atoms with Crippen LogP contribution in [-0.2, 0) is 11.2 Å². The number of rotatable bonds is 7. The number of aromatic amines is 1. The second kappa shape index (κ2) is 9.72. The number of hydrogen-bond donors (Lipinski definition) is 3. The first-order valence-electron chi connectivity index (χ1n) is 10.9. The van der Waals surface area contributed by atoms with Crippen molar-refractivity contribution in [3.63, 3.8) is 0 Å². The van der Waals surface area contributed by atoms with E-state index in [1.807, 2.05) is 42.6 Å². The Balaban J connectivity index is 1.51. The van der Waals surface area contributed by atoms with Crippen molar-refractivity contribution in [2.75, 3.05) is 6.54 Å². The molecule has 0 bridgehead atoms. The van der Waals surface area contributed by atoms with Crippen LogP contribution in [0.4, 0.5) is 0 Å². The zero-order chi connectivity index (χ0) is 20.8. The molecule has 5 heteroatoms. The van der Waals surface area contributed by atoms with Crippen molar-refractivity contribution < 1.29 is 4.79 Å². The minimum atomic E-state index is -0.190. The molecule has 4 N–H and O–H groups in total. The molecule has 156 valence electrons. The van der Waals surface area contributed by atoms with Gasteiger partial charge in [-0.15, -0.1) is 0 Å². The van der Waals surface area contributed by atoms with Crippen molar-refractivity contribution >= 4 is 5.91 Å². The molecule has 1 amide bonds. The van der Waals surface area contributed by atoms with Gasteiger partial charge in [0.1, 0.15) is 5.82 Å². The van der Waals surface area contributed by atoms with Crippen LogP contribution in [0.1, 0.15) is 43.1 Å². The summed E-state index contributed by atoms with van der Waals surface area (Å²) >= 11 is 0. The van der Waals surface area contributed by atoms with E-state index in [1.165, 1.54) is 5.56 Å². The maximum atomic E-state index is 13.1. The van der Waals surface area contributed by atoms with Crippen molar-refractivity contribution in [3.8, 4) is 11.3 Å². The Kier molecular flexibility index (Phi) is 6.60. The van der Waals surface area contributed by atoms with Crippen LogP contribution in [0.3, 0.4) is 0 Å². The molecule has 1 saturated carbocycles. The van der Waals surface area contributed by atoms with Crippen molar-refractivity contribution in [2.24, 2.45) is 17.6 Å². The highest BCUT2D eigenvalue weighted by Crippen LogP contribution is 2.29. The lowest BCUT2D eigenvalue weighted by Gasteiger charge is -2.28. The van der Waals surface area contributed by atoms with Crippen LogP contribution in [0.2, 0.25) is 0 Å². The number of nitrogens with two attached hydrogens (primary N) is 1. The van der Waals surface area contributed by atoms with Gasteiger partial charge in [0.25, 0.3) is 0 Å². The second-order valence-electron chi connectivity index (χ2n) is 8.25. The molecule has 2 aromatic carbocycles. The van der Waals surface area contributed by atoms with Crippen molar-refractivity contribution in [1.82, 2.24) is 15.3 Å². The Morgan fingerprint density at radius 2 is 1.70 bits per heavy atom. The predicted octanol–water partition coefficient (Wildman–Crippen LogP) is 4.24. The largest absolute Gasteiger partial charge is 0.346 e. The monoisotopic (exact) mass is 402 g/mol. The summed E-state index contributed by atoms with van der Waals surface area (Å²) in [5.74, 6) is 1.55. The molecule has 3 aromatic rings. The van der Waals surface area contributed by atoms with Gasteiger partial charge in [0, 0.05) is 5.92 Å². The van der Waals surface area contributed by atoms with E-state index in [2.05, 4.69) is 39.6 Å². The predicted molar refractivity (Wildman–Crippen MR) is 120 cm³/mol. The van der Waals surface area contributed by atoms with Crippen LogP contribution in [-0.4, -0.2) is 22.4 Å². The smallest absolute Gasteiger partial charge is 0.223 e. The zero-order valence-corrected chi connectivity index (χ0v) is 17.3. The van der Waals surface area contributed by atoms with Gasteiger partial charge >= 0.3 is 0 Å². The van der Waals surface area contributed by atoms with Crippen molar-refractivity contribution in [1.29, 1.82) is 0 Å². The van der Waals surface area contributed by atoms with Gasteiger partial charge in [-0.2, -0.15) is 0 Å². The standard InChI is InChI=1S/C25H30N4O/c26-16-19-11-13-21(14-12-19)25(30)29-22(15-18-7-3-1-4-8-18)24-27-17-23(28-24)20-9-5-2-6-10-20/h1-10,17,19,21-22H,11-16,26H2,(H,27,28)(H,29,30)/t19?,21?,22-/m0/s1. The number of benzene rings is 2. The molecule has 1 aliphatic rings. The van der Waals surface area contributed by atoms with Gasteiger partial charge in [0.15, 0.2) is 0 Å². The number of hydrogen-bond acceptors (Lipinski definition) is 3. The summed E-state index contributed by atoms with van der Waals surface area (Å²) in [6, 6.07) is 20.2. The Hall–Kier alpha value is -2.92. The van der Waals surface area contributed by atoms with Gasteiger partial charge in [-0.25, -0.2) is 4.98 Å². The summed E-state index contributed by atoms with van der Waals surface area (Å²) < 4.78 is 0.